The van der Waals surface area contributed by atoms with Crippen LogP contribution in [0.4, 0.5) is 5.13 Å². The number of hydrogen-bond acceptors (Lipinski definition) is 8. The Kier molecular flexibility index (Phi) is 5.05. The summed E-state index contributed by atoms with van der Waals surface area (Å²) in [6.07, 6.45) is 1.72. The summed E-state index contributed by atoms with van der Waals surface area (Å²) in [5, 5.41) is 15.9. The quantitative estimate of drug-likeness (QED) is 0.316. The lowest BCUT2D eigenvalue weighted by Gasteiger charge is -2.03. The monoisotopic (exact) mass is 488 g/mol. The van der Waals surface area contributed by atoms with Gasteiger partial charge in [-0.2, -0.15) is 0 Å². The van der Waals surface area contributed by atoms with E-state index in [9.17, 15) is 4.79 Å². The van der Waals surface area contributed by atoms with Gasteiger partial charge in [-0.15, -0.1) is 21.5 Å². The van der Waals surface area contributed by atoms with E-state index in [4.69, 9.17) is 0 Å². The summed E-state index contributed by atoms with van der Waals surface area (Å²) in [6, 6.07) is 16.2. The molecule has 1 amide bonds. The van der Waals surface area contributed by atoms with Crippen LogP contribution in [0.3, 0.4) is 0 Å². The fourth-order valence-corrected chi connectivity index (χ4v) is 6.07. The fraction of sp³-hybridized carbons (Fsp3) is 0.0870. The van der Waals surface area contributed by atoms with Crippen molar-refractivity contribution in [3.8, 4) is 11.1 Å². The molecule has 0 aliphatic rings. The van der Waals surface area contributed by atoms with E-state index in [0.717, 1.165) is 37.2 Å². The molecule has 7 nitrogen and oxygen atoms in total. The van der Waals surface area contributed by atoms with Crippen molar-refractivity contribution in [1.29, 1.82) is 0 Å². The Morgan fingerprint density at radius 3 is 2.82 bits per heavy atom. The Morgan fingerprint density at radius 1 is 1.12 bits per heavy atom. The molecule has 0 fully saturated rings. The highest BCUT2D eigenvalue weighted by Gasteiger charge is 2.17. The van der Waals surface area contributed by atoms with Gasteiger partial charge in [0.05, 0.1) is 21.4 Å². The molecule has 0 aliphatic heterocycles. The van der Waals surface area contributed by atoms with E-state index < -0.39 is 0 Å². The van der Waals surface area contributed by atoms with E-state index in [1.54, 1.807) is 17.7 Å². The number of rotatable bonds is 5. The van der Waals surface area contributed by atoms with Gasteiger partial charge in [-0.05, 0) is 24.6 Å². The topological polar surface area (TPSA) is 85.1 Å². The number of benzene rings is 2. The van der Waals surface area contributed by atoms with Crippen LogP contribution in [0.5, 0.6) is 0 Å². The standard InChI is InChI=1S/C23H16N6OS3/c1-13-6-8-14(9-7-13)15-10-31-21-19(15)20-27-28-23(29(20)12-24-21)32-11-18(30)26-22-25-16-4-2-3-5-17(16)33-22/h2-10,12H,11H2,1H3,(H,25,26,30). The number of amides is 1. The summed E-state index contributed by atoms with van der Waals surface area (Å²) in [4.78, 5) is 22.5. The third kappa shape index (κ3) is 3.75. The zero-order chi connectivity index (χ0) is 22.4. The summed E-state index contributed by atoms with van der Waals surface area (Å²) in [5.74, 6) is 0.0594. The molecule has 0 spiro atoms. The fourth-order valence-electron chi connectivity index (χ4n) is 3.58. The molecule has 6 aromatic rings. The lowest BCUT2D eigenvalue weighted by molar-refractivity contribution is -0.113. The molecule has 4 aromatic heterocycles. The van der Waals surface area contributed by atoms with Gasteiger partial charge < -0.3 is 5.32 Å². The van der Waals surface area contributed by atoms with Crippen LogP contribution in [-0.4, -0.2) is 36.2 Å². The molecule has 162 valence electrons. The van der Waals surface area contributed by atoms with Gasteiger partial charge in [0.15, 0.2) is 15.9 Å². The van der Waals surface area contributed by atoms with Crippen molar-refractivity contribution in [3.05, 3.63) is 65.8 Å². The highest BCUT2D eigenvalue weighted by molar-refractivity contribution is 7.99. The number of thioether (sulfide) groups is 1. The number of fused-ring (bicyclic) bond motifs is 4. The molecule has 10 heteroatoms. The smallest absolute Gasteiger partial charge is 0.236 e. The van der Waals surface area contributed by atoms with E-state index in [-0.39, 0.29) is 11.7 Å². The number of carbonyl (C=O) groups is 1. The highest BCUT2D eigenvalue weighted by Crippen LogP contribution is 2.36. The molecule has 33 heavy (non-hydrogen) atoms. The first-order chi connectivity index (χ1) is 16.2. The molecule has 4 heterocycles. The number of thiophene rings is 1. The molecule has 0 saturated heterocycles. The number of aryl methyl sites for hydroxylation is 1. The van der Waals surface area contributed by atoms with Crippen LogP contribution < -0.4 is 5.32 Å². The number of hydrogen-bond donors (Lipinski definition) is 1. The van der Waals surface area contributed by atoms with Crippen molar-refractivity contribution in [2.75, 3.05) is 11.1 Å². The summed E-state index contributed by atoms with van der Waals surface area (Å²) in [6.45, 7) is 2.07. The van der Waals surface area contributed by atoms with Crippen LogP contribution in [-0.2, 0) is 4.79 Å². The highest BCUT2D eigenvalue weighted by atomic mass is 32.2. The summed E-state index contributed by atoms with van der Waals surface area (Å²) >= 11 is 4.37. The first kappa shape index (κ1) is 20.3. The largest absolute Gasteiger partial charge is 0.301 e. The second-order valence-corrected chi connectivity index (χ2v) is 10.3. The maximum atomic E-state index is 12.5. The van der Waals surface area contributed by atoms with Crippen molar-refractivity contribution in [2.24, 2.45) is 0 Å². The average molecular weight is 489 g/mol. The van der Waals surface area contributed by atoms with Crippen molar-refractivity contribution in [2.45, 2.75) is 12.1 Å². The van der Waals surface area contributed by atoms with Crippen molar-refractivity contribution in [1.82, 2.24) is 24.6 Å². The van der Waals surface area contributed by atoms with Crippen LogP contribution in [0.15, 0.2) is 65.4 Å². The molecule has 0 aliphatic carbocycles. The Labute approximate surface area is 200 Å². The average Bonchev–Trinajstić information content (AvgIpc) is 3.53. The van der Waals surface area contributed by atoms with E-state index in [0.29, 0.717) is 10.3 Å². The molecular weight excluding hydrogens is 472 g/mol. The molecule has 0 radical (unpaired) electrons. The predicted molar refractivity (Wildman–Crippen MR) is 135 cm³/mol. The lowest BCUT2D eigenvalue weighted by atomic mass is 10.0. The zero-order valence-corrected chi connectivity index (χ0v) is 19.8. The van der Waals surface area contributed by atoms with E-state index in [1.807, 2.05) is 28.7 Å². The Bertz CT molecular complexity index is 1600. The summed E-state index contributed by atoms with van der Waals surface area (Å²) in [7, 11) is 0. The molecule has 0 saturated carbocycles. The molecule has 0 atom stereocenters. The van der Waals surface area contributed by atoms with Crippen LogP contribution in [0.1, 0.15) is 5.56 Å². The predicted octanol–water partition coefficient (Wildman–Crippen LogP) is 5.65. The number of nitrogens with zero attached hydrogens (tertiary/aromatic N) is 5. The number of para-hydroxylation sites is 1. The first-order valence-electron chi connectivity index (χ1n) is 10.1. The van der Waals surface area contributed by atoms with Gasteiger partial charge in [0.1, 0.15) is 11.2 Å². The summed E-state index contributed by atoms with van der Waals surface area (Å²) < 4.78 is 2.89. The minimum Gasteiger partial charge on any atom is -0.301 e. The summed E-state index contributed by atoms with van der Waals surface area (Å²) in [5.41, 5.74) is 5.04. The molecule has 2 aromatic carbocycles. The van der Waals surface area contributed by atoms with E-state index in [2.05, 4.69) is 62.1 Å². The van der Waals surface area contributed by atoms with Crippen molar-refractivity contribution < 1.29 is 4.79 Å². The van der Waals surface area contributed by atoms with E-state index in [1.165, 1.54) is 28.7 Å². The number of aromatic nitrogens is 5. The van der Waals surface area contributed by atoms with Crippen LogP contribution >= 0.6 is 34.4 Å². The normalized spacial score (nSPS) is 11.5. The third-order valence-corrected chi connectivity index (χ3v) is 7.97. The minimum absolute atomic E-state index is 0.138. The van der Waals surface area contributed by atoms with Gasteiger partial charge in [-0.3, -0.25) is 9.20 Å². The van der Waals surface area contributed by atoms with Gasteiger partial charge in [0, 0.05) is 10.9 Å². The van der Waals surface area contributed by atoms with E-state index >= 15 is 0 Å². The number of thiazole rings is 1. The van der Waals surface area contributed by atoms with Crippen molar-refractivity contribution in [3.63, 3.8) is 0 Å². The number of carbonyl (C=O) groups excluding carboxylic acids is 1. The first-order valence-corrected chi connectivity index (χ1v) is 12.8. The van der Waals surface area contributed by atoms with Gasteiger partial charge >= 0.3 is 0 Å². The third-order valence-electron chi connectivity index (χ3n) is 5.19. The van der Waals surface area contributed by atoms with Crippen LogP contribution in [0, 0.1) is 6.92 Å². The van der Waals surface area contributed by atoms with Gasteiger partial charge in [0.25, 0.3) is 0 Å². The Morgan fingerprint density at radius 2 is 1.97 bits per heavy atom. The van der Waals surface area contributed by atoms with Crippen LogP contribution in [0.2, 0.25) is 0 Å². The molecule has 1 N–H and O–H groups in total. The molecule has 6 rings (SSSR count). The minimum atomic E-state index is -0.138. The molecule has 0 bridgehead atoms. The lowest BCUT2D eigenvalue weighted by Crippen LogP contribution is -2.14. The van der Waals surface area contributed by atoms with Crippen LogP contribution in [0.25, 0.3) is 37.2 Å². The SMILES string of the molecule is Cc1ccc(-c2csc3ncn4c(SCC(=O)Nc5nc6ccccc6s5)nnc4c23)cc1. The van der Waals surface area contributed by atoms with Gasteiger partial charge in [-0.25, -0.2) is 9.97 Å². The zero-order valence-electron chi connectivity index (χ0n) is 17.3. The second kappa shape index (κ2) is 8.22. The molecular formula is C23H16N6OS3. The Hall–Kier alpha value is -3.34. The van der Waals surface area contributed by atoms with Crippen molar-refractivity contribution >= 4 is 71.6 Å². The number of anilines is 1. The Balaban J connectivity index is 1.25. The van der Waals surface area contributed by atoms with Gasteiger partial charge in [-0.1, -0.05) is 65.1 Å². The second-order valence-electron chi connectivity index (χ2n) is 7.44. The maximum absolute atomic E-state index is 12.5. The number of nitrogens with one attached hydrogen (secondary N) is 1. The maximum Gasteiger partial charge on any atom is 0.236 e. The molecule has 0 unspecified atom stereocenters. The van der Waals surface area contributed by atoms with Gasteiger partial charge in [0.2, 0.25) is 5.91 Å².